The van der Waals surface area contributed by atoms with E-state index in [-0.39, 0.29) is 39.5 Å². The second kappa shape index (κ2) is 18.1. The summed E-state index contributed by atoms with van der Waals surface area (Å²) in [4.78, 5) is 46.4. The minimum Gasteiger partial charge on any atom is -0.480 e. The highest BCUT2D eigenvalue weighted by Gasteiger charge is 2.18. The number of carbonyl (C=O) groups is 4. The summed E-state index contributed by atoms with van der Waals surface area (Å²) >= 11 is 0. The molecule has 0 bridgehead atoms. The molecule has 0 rings (SSSR count). The Labute approximate surface area is 162 Å². The number of ether oxygens (including phenoxy) is 1. The molecule has 0 aliphatic carbocycles. The number of aliphatic hydroxyl groups excluding tert-OH is 2. The van der Waals surface area contributed by atoms with E-state index >= 15 is 0 Å². The Morgan fingerprint density at radius 2 is 1.14 bits per heavy atom. The molecule has 0 atom stereocenters. The van der Waals surface area contributed by atoms with Crippen molar-refractivity contribution >= 4 is 23.9 Å². The molecule has 5 N–H and O–H groups in total. The van der Waals surface area contributed by atoms with Gasteiger partial charge in [-0.05, 0) is 6.42 Å². The Hall–Kier alpha value is -2.28. The van der Waals surface area contributed by atoms with Gasteiger partial charge in [0.05, 0.1) is 46.0 Å². The molecule has 0 aliphatic heterocycles. The third-order valence-corrected chi connectivity index (χ3v) is 3.02. The van der Waals surface area contributed by atoms with Crippen LogP contribution in [0.1, 0.15) is 19.8 Å². The van der Waals surface area contributed by atoms with Crippen LogP contribution in [0.5, 0.6) is 0 Å². The first-order chi connectivity index (χ1) is 13.2. The summed E-state index contributed by atoms with van der Waals surface area (Å²) in [5.74, 6) is -4.12. The van der Waals surface area contributed by atoms with Crippen molar-refractivity contribution in [3.63, 3.8) is 0 Å². The van der Waals surface area contributed by atoms with Crippen molar-refractivity contribution in [3.8, 4) is 0 Å². The van der Waals surface area contributed by atoms with Crippen molar-refractivity contribution in [1.29, 1.82) is 0 Å². The molecule has 0 fully saturated rings. The Kier molecular flexibility index (Phi) is 18.1. The normalized spacial score (nSPS) is 10.3. The van der Waals surface area contributed by atoms with Crippen LogP contribution in [0.2, 0.25) is 0 Å². The summed E-state index contributed by atoms with van der Waals surface area (Å²) in [5.41, 5.74) is 0. The van der Waals surface area contributed by atoms with Crippen LogP contribution in [-0.2, 0) is 23.9 Å². The molecule has 12 heteroatoms. The number of carboxylic acid groups (broad SMARTS) is 3. The highest BCUT2D eigenvalue weighted by Crippen LogP contribution is 1.96. The van der Waals surface area contributed by atoms with Crippen LogP contribution in [0.4, 0.5) is 0 Å². The highest BCUT2D eigenvalue weighted by atomic mass is 16.5. The molecular formula is C16H30N2O10. The second-order valence-corrected chi connectivity index (χ2v) is 5.62. The topological polar surface area (TPSA) is 185 Å². The van der Waals surface area contributed by atoms with Gasteiger partial charge >= 0.3 is 23.9 Å². The fourth-order valence-corrected chi connectivity index (χ4v) is 1.84. The highest BCUT2D eigenvalue weighted by molar-refractivity contribution is 5.74. The number of unbranched alkanes of at least 4 members (excludes halogenated alkanes) is 1. The third-order valence-electron chi connectivity index (χ3n) is 3.02. The zero-order valence-corrected chi connectivity index (χ0v) is 15.9. The molecule has 0 heterocycles. The van der Waals surface area contributed by atoms with E-state index in [1.807, 2.05) is 6.92 Å². The predicted octanol–water partition coefficient (Wildman–Crippen LogP) is -1.84. The molecule has 0 aliphatic rings. The number of nitrogens with zero attached hydrogens (tertiary/aromatic N) is 2. The first-order valence-corrected chi connectivity index (χ1v) is 8.63. The molecule has 0 saturated heterocycles. The van der Waals surface area contributed by atoms with Crippen molar-refractivity contribution < 1.29 is 49.4 Å². The number of rotatable bonds is 15. The van der Waals surface area contributed by atoms with Crippen LogP contribution >= 0.6 is 0 Å². The van der Waals surface area contributed by atoms with E-state index in [1.165, 1.54) is 4.90 Å². The maximum absolute atomic E-state index is 11.7. The van der Waals surface area contributed by atoms with Gasteiger partial charge in [-0.2, -0.15) is 0 Å². The van der Waals surface area contributed by atoms with Gasteiger partial charge in [0.25, 0.3) is 0 Å². The average Bonchev–Trinajstić information content (AvgIpc) is 2.58. The lowest BCUT2D eigenvalue weighted by Crippen LogP contribution is -2.43. The summed E-state index contributed by atoms with van der Waals surface area (Å²) in [5, 5.41) is 41.6. The Balaban J connectivity index is 0. The van der Waals surface area contributed by atoms with Gasteiger partial charge in [-0.1, -0.05) is 13.3 Å². The number of esters is 1. The molecule has 12 nitrogen and oxygen atoms in total. The van der Waals surface area contributed by atoms with E-state index in [0.717, 1.165) is 11.3 Å². The van der Waals surface area contributed by atoms with Gasteiger partial charge in [0.15, 0.2) is 0 Å². The van der Waals surface area contributed by atoms with Crippen molar-refractivity contribution in [2.45, 2.75) is 19.8 Å². The summed E-state index contributed by atoms with van der Waals surface area (Å²) in [6, 6.07) is 0. The quantitative estimate of drug-likeness (QED) is 0.150. The van der Waals surface area contributed by atoms with Gasteiger partial charge in [-0.15, -0.1) is 0 Å². The number of hydrogen-bond acceptors (Lipinski definition) is 9. The fraction of sp³-hybridized carbons (Fsp3) is 0.750. The van der Waals surface area contributed by atoms with Crippen LogP contribution in [-0.4, -0.2) is 118 Å². The minimum atomic E-state index is -1.19. The van der Waals surface area contributed by atoms with E-state index in [0.29, 0.717) is 6.42 Å². The van der Waals surface area contributed by atoms with Crippen LogP contribution < -0.4 is 0 Å². The van der Waals surface area contributed by atoms with Gasteiger partial charge in [-0.3, -0.25) is 29.0 Å². The molecule has 0 aromatic heterocycles. The maximum Gasteiger partial charge on any atom is 0.320 e. The second-order valence-electron chi connectivity index (χ2n) is 5.62. The Morgan fingerprint density at radius 3 is 1.46 bits per heavy atom. The van der Waals surface area contributed by atoms with Crippen molar-refractivity contribution in [2.24, 2.45) is 0 Å². The van der Waals surface area contributed by atoms with Gasteiger partial charge < -0.3 is 30.3 Å². The molecule has 0 amide bonds. The molecule has 0 radical (unpaired) electrons. The van der Waals surface area contributed by atoms with Gasteiger partial charge in [-0.25, -0.2) is 0 Å². The Bertz CT molecular complexity index is 454. The van der Waals surface area contributed by atoms with Gasteiger partial charge in [0.1, 0.15) is 0 Å². The lowest BCUT2D eigenvalue weighted by atomic mass is 10.3. The van der Waals surface area contributed by atoms with Crippen LogP contribution in [0.25, 0.3) is 0 Å². The molecule has 0 aromatic rings. The molecular weight excluding hydrogens is 380 g/mol. The zero-order chi connectivity index (χ0) is 21.9. The monoisotopic (exact) mass is 410 g/mol. The summed E-state index contributed by atoms with van der Waals surface area (Å²) in [7, 11) is 0. The van der Waals surface area contributed by atoms with Crippen LogP contribution in [0.3, 0.4) is 0 Å². The van der Waals surface area contributed by atoms with Crippen LogP contribution in [0.15, 0.2) is 0 Å². The van der Waals surface area contributed by atoms with Gasteiger partial charge in [0, 0.05) is 13.1 Å². The summed E-state index contributed by atoms with van der Waals surface area (Å²) < 4.78 is 4.96. The number of carbonyl (C=O) groups excluding carboxylic acids is 1. The minimum absolute atomic E-state index is 0.00583. The molecule has 0 aromatic carbocycles. The van der Waals surface area contributed by atoms with E-state index in [2.05, 4.69) is 0 Å². The number of aliphatic carboxylic acids is 3. The lowest BCUT2D eigenvalue weighted by molar-refractivity contribution is -0.148. The number of hydrogen-bond donors (Lipinski definition) is 5. The number of aliphatic hydroxyl groups is 2. The van der Waals surface area contributed by atoms with E-state index in [1.54, 1.807) is 0 Å². The van der Waals surface area contributed by atoms with Crippen molar-refractivity contribution in [1.82, 2.24) is 9.80 Å². The SMILES string of the molecule is CCCCOC(=O)CN(CCN(CC(=O)O)CC(=O)O)CC(=O)O.OCCO. The van der Waals surface area contributed by atoms with Crippen molar-refractivity contribution in [3.05, 3.63) is 0 Å². The Morgan fingerprint density at radius 1 is 0.750 bits per heavy atom. The van der Waals surface area contributed by atoms with E-state index in [9.17, 15) is 19.2 Å². The standard InChI is InChI=1S/C14H24N2O8.C2H6O2/c1-2-3-6-24-14(23)10-16(9-13(21)22)5-4-15(7-11(17)18)8-12(19)20;3-1-2-4/h2-10H2,1H3,(H,17,18)(H,19,20)(H,21,22);3-4H,1-2H2. The first kappa shape index (κ1) is 27.9. The molecule has 164 valence electrons. The van der Waals surface area contributed by atoms with E-state index in [4.69, 9.17) is 30.3 Å². The average molecular weight is 410 g/mol. The van der Waals surface area contributed by atoms with Crippen molar-refractivity contribution in [2.75, 3.05) is 59.1 Å². The maximum atomic E-state index is 11.7. The molecule has 0 spiro atoms. The molecule has 0 unspecified atom stereocenters. The largest absolute Gasteiger partial charge is 0.480 e. The predicted molar refractivity (Wildman–Crippen MR) is 95.8 cm³/mol. The fourth-order valence-electron chi connectivity index (χ4n) is 1.84. The molecule has 0 saturated carbocycles. The summed E-state index contributed by atoms with van der Waals surface area (Å²) in [6.45, 7) is 0.275. The smallest absolute Gasteiger partial charge is 0.320 e. The lowest BCUT2D eigenvalue weighted by Gasteiger charge is -2.24. The number of carboxylic acids is 3. The van der Waals surface area contributed by atoms with Gasteiger partial charge in [0.2, 0.25) is 0 Å². The summed E-state index contributed by atoms with van der Waals surface area (Å²) in [6.07, 6.45) is 1.56. The molecule has 28 heavy (non-hydrogen) atoms. The third kappa shape index (κ3) is 20.0. The zero-order valence-electron chi connectivity index (χ0n) is 15.9. The van der Waals surface area contributed by atoms with Crippen LogP contribution in [0, 0.1) is 0 Å². The first-order valence-electron chi connectivity index (χ1n) is 8.63. The van der Waals surface area contributed by atoms with E-state index < -0.39 is 43.5 Å².